The second kappa shape index (κ2) is 6.80. The van der Waals surface area contributed by atoms with Gasteiger partial charge < -0.3 is 14.8 Å². The fourth-order valence-corrected chi connectivity index (χ4v) is 2.68. The fourth-order valence-electron chi connectivity index (χ4n) is 2.44. The van der Waals surface area contributed by atoms with Gasteiger partial charge in [0.25, 0.3) is 0 Å². The summed E-state index contributed by atoms with van der Waals surface area (Å²) >= 11 is 6.11. The summed E-state index contributed by atoms with van der Waals surface area (Å²) in [5.41, 5.74) is 1.37. The lowest BCUT2D eigenvalue weighted by molar-refractivity contribution is -0.116. The highest BCUT2D eigenvalue weighted by Gasteiger charge is 2.14. The Labute approximate surface area is 143 Å². The van der Waals surface area contributed by atoms with Crippen LogP contribution in [0.5, 0.6) is 11.5 Å². The smallest absolute Gasteiger partial charge is 0.246 e. The molecule has 0 unspecified atom stereocenters. The number of nitrogens with one attached hydrogen (secondary N) is 1. The number of para-hydroxylation sites is 1. The Bertz CT molecular complexity index is 892. The molecule has 0 radical (unpaired) electrons. The minimum atomic E-state index is -0.233. The quantitative estimate of drug-likeness (QED) is 0.770. The van der Waals surface area contributed by atoms with Crippen LogP contribution >= 0.6 is 11.6 Å². The molecule has 0 saturated carbocycles. The van der Waals surface area contributed by atoms with Crippen LogP contribution in [-0.2, 0) is 11.3 Å². The first-order chi connectivity index (χ1) is 11.6. The van der Waals surface area contributed by atoms with Crippen LogP contribution in [-0.4, -0.2) is 29.9 Å². The molecule has 0 aliphatic carbocycles. The van der Waals surface area contributed by atoms with E-state index in [1.165, 1.54) is 14.2 Å². The minimum absolute atomic E-state index is 0.0836. The molecule has 2 aromatic carbocycles. The van der Waals surface area contributed by atoms with E-state index in [9.17, 15) is 4.79 Å². The van der Waals surface area contributed by atoms with Crippen molar-refractivity contribution in [3.63, 3.8) is 0 Å². The average Bonchev–Trinajstić information content (AvgIpc) is 2.98. The van der Waals surface area contributed by atoms with E-state index < -0.39 is 0 Å². The zero-order chi connectivity index (χ0) is 17.1. The molecule has 0 aliphatic heterocycles. The predicted octanol–water partition coefficient (Wildman–Crippen LogP) is 3.35. The molecule has 0 aliphatic rings. The van der Waals surface area contributed by atoms with Crippen molar-refractivity contribution < 1.29 is 14.3 Å². The molecule has 3 rings (SSSR count). The molecule has 0 fully saturated rings. The van der Waals surface area contributed by atoms with E-state index in [1.807, 2.05) is 24.3 Å². The molecule has 1 N–H and O–H groups in total. The van der Waals surface area contributed by atoms with E-state index in [-0.39, 0.29) is 12.5 Å². The molecule has 6 nitrogen and oxygen atoms in total. The van der Waals surface area contributed by atoms with E-state index in [1.54, 1.807) is 23.0 Å². The highest BCUT2D eigenvalue weighted by molar-refractivity contribution is 6.32. The molecule has 1 aromatic heterocycles. The number of hydrogen-bond donors (Lipinski definition) is 1. The summed E-state index contributed by atoms with van der Waals surface area (Å²) < 4.78 is 12.1. The number of nitrogens with zero attached hydrogens (tertiary/aromatic N) is 2. The van der Waals surface area contributed by atoms with Crippen molar-refractivity contribution in [3.05, 3.63) is 47.6 Å². The molecule has 7 heteroatoms. The normalized spacial score (nSPS) is 10.6. The van der Waals surface area contributed by atoms with Gasteiger partial charge in [0, 0.05) is 11.5 Å². The Hall–Kier alpha value is -2.73. The molecule has 124 valence electrons. The molecule has 0 atom stereocenters. The maximum atomic E-state index is 12.4. The Morgan fingerprint density at radius 1 is 1.21 bits per heavy atom. The zero-order valence-corrected chi connectivity index (χ0v) is 14.0. The van der Waals surface area contributed by atoms with Gasteiger partial charge in [-0.3, -0.25) is 9.48 Å². The van der Waals surface area contributed by atoms with Gasteiger partial charge in [0.05, 0.1) is 36.6 Å². The standard InChI is InChI=1S/C17H16ClN3O3/c1-23-15-8-16(24-2)13(7-12(15)18)20-17(22)10-21-14-6-4-3-5-11(14)9-19-21/h3-9H,10H2,1-2H3,(H,20,22). The van der Waals surface area contributed by atoms with Crippen LogP contribution in [0.2, 0.25) is 5.02 Å². The summed E-state index contributed by atoms with van der Waals surface area (Å²) in [6.07, 6.45) is 1.73. The van der Waals surface area contributed by atoms with Crippen molar-refractivity contribution >= 4 is 34.1 Å². The van der Waals surface area contributed by atoms with E-state index in [0.29, 0.717) is 22.2 Å². The Balaban J connectivity index is 1.81. The lowest BCUT2D eigenvalue weighted by Crippen LogP contribution is -2.19. The predicted molar refractivity (Wildman–Crippen MR) is 92.9 cm³/mol. The van der Waals surface area contributed by atoms with Crippen LogP contribution in [0.4, 0.5) is 5.69 Å². The minimum Gasteiger partial charge on any atom is -0.495 e. The van der Waals surface area contributed by atoms with Crippen LogP contribution in [0, 0.1) is 0 Å². The fraction of sp³-hybridized carbons (Fsp3) is 0.176. The second-order valence-electron chi connectivity index (χ2n) is 5.10. The number of anilines is 1. The maximum absolute atomic E-state index is 12.4. The topological polar surface area (TPSA) is 65.4 Å². The molecule has 3 aromatic rings. The van der Waals surface area contributed by atoms with Crippen LogP contribution in [0.3, 0.4) is 0 Å². The number of methoxy groups -OCH3 is 2. The molecule has 0 bridgehead atoms. The second-order valence-corrected chi connectivity index (χ2v) is 5.50. The lowest BCUT2D eigenvalue weighted by Gasteiger charge is -2.13. The maximum Gasteiger partial charge on any atom is 0.246 e. The third kappa shape index (κ3) is 3.14. The number of carbonyl (C=O) groups is 1. The number of fused-ring (bicyclic) bond motifs is 1. The first kappa shape index (κ1) is 16.1. The first-order valence-electron chi connectivity index (χ1n) is 7.24. The molecule has 0 spiro atoms. The van der Waals surface area contributed by atoms with E-state index in [2.05, 4.69) is 10.4 Å². The highest BCUT2D eigenvalue weighted by atomic mass is 35.5. The van der Waals surface area contributed by atoms with Gasteiger partial charge in [0.1, 0.15) is 18.0 Å². The summed E-state index contributed by atoms with van der Waals surface area (Å²) in [6, 6.07) is 10.9. The van der Waals surface area contributed by atoms with Gasteiger partial charge in [-0.2, -0.15) is 5.10 Å². The van der Waals surface area contributed by atoms with Crippen molar-refractivity contribution in [1.82, 2.24) is 9.78 Å². The Morgan fingerprint density at radius 3 is 2.71 bits per heavy atom. The van der Waals surface area contributed by atoms with Gasteiger partial charge in [-0.15, -0.1) is 0 Å². The number of ether oxygens (including phenoxy) is 2. The Kier molecular flexibility index (Phi) is 4.57. The zero-order valence-electron chi connectivity index (χ0n) is 13.2. The number of carbonyl (C=O) groups excluding carboxylic acids is 1. The van der Waals surface area contributed by atoms with Gasteiger partial charge in [-0.1, -0.05) is 29.8 Å². The summed E-state index contributed by atoms with van der Waals surface area (Å²) in [5.74, 6) is 0.711. The third-order valence-electron chi connectivity index (χ3n) is 3.59. The van der Waals surface area contributed by atoms with Crippen LogP contribution in [0.25, 0.3) is 10.9 Å². The number of hydrogen-bond acceptors (Lipinski definition) is 4. The average molecular weight is 346 g/mol. The van der Waals surface area contributed by atoms with Gasteiger partial charge in [0.15, 0.2) is 0 Å². The summed E-state index contributed by atoms with van der Waals surface area (Å²) in [4.78, 5) is 12.4. The molecule has 24 heavy (non-hydrogen) atoms. The monoisotopic (exact) mass is 345 g/mol. The van der Waals surface area contributed by atoms with Gasteiger partial charge in [0.2, 0.25) is 5.91 Å². The largest absolute Gasteiger partial charge is 0.495 e. The van der Waals surface area contributed by atoms with Gasteiger partial charge in [-0.25, -0.2) is 0 Å². The third-order valence-corrected chi connectivity index (χ3v) is 3.89. The van der Waals surface area contributed by atoms with E-state index >= 15 is 0 Å². The van der Waals surface area contributed by atoms with Gasteiger partial charge >= 0.3 is 0 Å². The van der Waals surface area contributed by atoms with Crippen molar-refractivity contribution in [2.45, 2.75) is 6.54 Å². The molecule has 1 amide bonds. The number of halogens is 1. The van der Waals surface area contributed by atoms with E-state index in [0.717, 1.165) is 10.9 Å². The lowest BCUT2D eigenvalue weighted by atomic mass is 10.2. The summed E-state index contributed by atoms with van der Waals surface area (Å²) in [5, 5.41) is 8.40. The molecular formula is C17H16ClN3O3. The van der Waals surface area contributed by atoms with Crippen molar-refractivity contribution in [1.29, 1.82) is 0 Å². The molecular weight excluding hydrogens is 330 g/mol. The summed E-state index contributed by atoms with van der Waals surface area (Å²) in [6.45, 7) is 0.0836. The van der Waals surface area contributed by atoms with E-state index in [4.69, 9.17) is 21.1 Å². The molecule has 1 heterocycles. The van der Waals surface area contributed by atoms with Gasteiger partial charge in [-0.05, 0) is 12.1 Å². The number of amides is 1. The SMILES string of the molecule is COc1cc(OC)c(NC(=O)Cn2ncc3ccccc32)cc1Cl. The molecule has 0 saturated heterocycles. The first-order valence-corrected chi connectivity index (χ1v) is 7.62. The summed E-state index contributed by atoms with van der Waals surface area (Å²) in [7, 11) is 3.03. The van der Waals surface area contributed by atoms with Crippen LogP contribution in [0.15, 0.2) is 42.6 Å². The Morgan fingerprint density at radius 2 is 1.96 bits per heavy atom. The number of rotatable bonds is 5. The number of aromatic nitrogens is 2. The van der Waals surface area contributed by atoms with Crippen molar-refractivity contribution in [2.75, 3.05) is 19.5 Å². The van der Waals surface area contributed by atoms with Crippen molar-refractivity contribution in [2.24, 2.45) is 0 Å². The van der Waals surface area contributed by atoms with Crippen LogP contribution < -0.4 is 14.8 Å². The highest BCUT2D eigenvalue weighted by Crippen LogP contribution is 2.35. The number of benzene rings is 2. The van der Waals surface area contributed by atoms with Crippen LogP contribution in [0.1, 0.15) is 0 Å². The van der Waals surface area contributed by atoms with Crippen molar-refractivity contribution in [3.8, 4) is 11.5 Å².